The maximum Gasteiger partial charge on any atom is 0.305 e. The van der Waals surface area contributed by atoms with Crippen molar-refractivity contribution in [2.24, 2.45) is 0 Å². The summed E-state index contributed by atoms with van der Waals surface area (Å²) in [5, 5.41) is 0. The van der Waals surface area contributed by atoms with E-state index in [0.717, 1.165) is 12.8 Å². The molecular weight excluding hydrogens is 304 g/mol. The van der Waals surface area contributed by atoms with Crippen molar-refractivity contribution < 1.29 is 19.1 Å². The first kappa shape index (κ1) is 22.9. The Morgan fingerprint density at radius 3 is 1.54 bits per heavy atom. The average Bonchev–Trinajstić information content (AvgIpc) is 2.56. The zero-order valence-corrected chi connectivity index (χ0v) is 15.9. The molecule has 0 amide bonds. The molecule has 0 aliphatic carbocycles. The van der Waals surface area contributed by atoms with E-state index in [2.05, 4.69) is 6.92 Å². The topological polar surface area (TPSA) is 52.6 Å². The Morgan fingerprint density at radius 1 is 0.583 bits per heavy atom. The number of carbonyl (C=O) groups excluding carboxylic acids is 2. The third kappa shape index (κ3) is 17.3. The molecule has 0 saturated carbocycles. The molecule has 4 heteroatoms. The molecule has 0 aromatic rings. The van der Waals surface area contributed by atoms with Crippen LogP contribution >= 0.6 is 0 Å². The minimum atomic E-state index is -0.240. The van der Waals surface area contributed by atoms with Crippen LogP contribution in [0.2, 0.25) is 0 Å². The zero-order chi connectivity index (χ0) is 17.9. The van der Waals surface area contributed by atoms with Crippen LogP contribution in [0.1, 0.15) is 104 Å². The van der Waals surface area contributed by atoms with E-state index in [1.54, 1.807) is 6.92 Å². The average molecular weight is 343 g/mol. The van der Waals surface area contributed by atoms with Crippen LogP contribution in [0.3, 0.4) is 0 Å². The Labute approximate surface area is 148 Å². The minimum absolute atomic E-state index is 0.202. The van der Waals surface area contributed by atoms with E-state index in [-0.39, 0.29) is 11.9 Å². The highest BCUT2D eigenvalue weighted by atomic mass is 16.5. The highest BCUT2D eigenvalue weighted by Gasteiger charge is 2.06. The third-order valence-corrected chi connectivity index (χ3v) is 4.08. The van der Waals surface area contributed by atoms with Crippen molar-refractivity contribution in [2.45, 2.75) is 104 Å². The van der Waals surface area contributed by atoms with Crippen LogP contribution in [-0.4, -0.2) is 25.2 Å². The molecule has 0 rings (SSSR count). The van der Waals surface area contributed by atoms with Crippen molar-refractivity contribution in [3.05, 3.63) is 0 Å². The minimum Gasteiger partial charge on any atom is -0.466 e. The van der Waals surface area contributed by atoms with Gasteiger partial charge in [0.1, 0.15) is 0 Å². The Kier molecular flexibility index (Phi) is 17.5. The van der Waals surface area contributed by atoms with Crippen LogP contribution in [-0.2, 0) is 19.1 Å². The maximum absolute atomic E-state index is 11.5. The lowest BCUT2D eigenvalue weighted by Crippen LogP contribution is -2.08. The second-order valence-corrected chi connectivity index (χ2v) is 6.41. The molecule has 0 heterocycles. The Balaban J connectivity index is 3.20. The summed E-state index contributed by atoms with van der Waals surface area (Å²) in [6, 6.07) is 0. The van der Waals surface area contributed by atoms with E-state index in [9.17, 15) is 9.59 Å². The summed E-state index contributed by atoms with van der Waals surface area (Å²) >= 11 is 0. The summed E-state index contributed by atoms with van der Waals surface area (Å²) in [5.74, 6) is -0.443. The quantitative estimate of drug-likeness (QED) is 0.256. The molecule has 0 bridgehead atoms. The molecule has 0 spiro atoms. The number of unbranched alkanes of at least 4 members (excludes halogenated alkanes) is 10. The van der Waals surface area contributed by atoms with E-state index < -0.39 is 0 Å². The fourth-order valence-corrected chi connectivity index (χ4v) is 2.63. The first-order valence-electron chi connectivity index (χ1n) is 10.0. The number of ether oxygens (including phenoxy) is 2. The predicted molar refractivity (Wildman–Crippen MR) is 97.9 cm³/mol. The van der Waals surface area contributed by atoms with Gasteiger partial charge in [0.25, 0.3) is 0 Å². The maximum atomic E-state index is 11.5. The summed E-state index contributed by atoms with van der Waals surface area (Å²) in [6.07, 6.45) is 15.2. The smallest absolute Gasteiger partial charge is 0.305 e. The van der Waals surface area contributed by atoms with E-state index in [1.165, 1.54) is 57.8 Å². The lowest BCUT2D eigenvalue weighted by Gasteiger charge is -2.05. The molecule has 24 heavy (non-hydrogen) atoms. The standard InChI is InChI=1S/C20H38O4/c1-3-5-6-7-8-9-10-11-12-13-14-18-24-20(22)17-15-16-19(21)23-4-2/h3-18H2,1-2H3. The second kappa shape index (κ2) is 18.3. The summed E-state index contributed by atoms with van der Waals surface area (Å²) in [6.45, 7) is 4.93. The lowest BCUT2D eigenvalue weighted by molar-refractivity contribution is -0.145. The largest absolute Gasteiger partial charge is 0.466 e. The van der Waals surface area contributed by atoms with Gasteiger partial charge in [-0.1, -0.05) is 71.1 Å². The second-order valence-electron chi connectivity index (χ2n) is 6.41. The summed E-state index contributed by atoms with van der Waals surface area (Å²) in [5.41, 5.74) is 0. The monoisotopic (exact) mass is 342 g/mol. The van der Waals surface area contributed by atoms with Crippen LogP contribution in [0.5, 0.6) is 0 Å². The summed E-state index contributed by atoms with van der Waals surface area (Å²) < 4.78 is 9.99. The van der Waals surface area contributed by atoms with Crippen molar-refractivity contribution in [3.8, 4) is 0 Å². The van der Waals surface area contributed by atoms with Gasteiger partial charge in [0.15, 0.2) is 0 Å². The Bertz CT molecular complexity index is 302. The van der Waals surface area contributed by atoms with Crippen LogP contribution in [0.15, 0.2) is 0 Å². The van der Waals surface area contributed by atoms with Crippen LogP contribution in [0, 0.1) is 0 Å². The molecule has 0 aromatic heterocycles. The molecule has 0 fully saturated rings. The van der Waals surface area contributed by atoms with Crippen molar-refractivity contribution in [1.29, 1.82) is 0 Å². The van der Waals surface area contributed by atoms with Crippen LogP contribution in [0.25, 0.3) is 0 Å². The summed E-state index contributed by atoms with van der Waals surface area (Å²) in [7, 11) is 0. The number of hydrogen-bond donors (Lipinski definition) is 0. The van der Waals surface area contributed by atoms with Gasteiger partial charge in [-0.15, -0.1) is 0 Å². The number of esters is 2. The van der Waals surface area contributed by atoms with Gasteiger partial charge in [-0.25, -0.2) is 0 Å². The van der Waals surface area contributed by atoms with Gasteiger partial charge < -0.3 is 9.47 Å². The lowest BCUT2D eigenvalue weighted by atomic mass is 10.1. The normalized spacial score (nSPS) is 10.6. The van der Waals surface area contributed by atoms with Crippen molar-refractivity contribution in [3.63, 3.8) is 0 Å². The first-order valence-corrected chi connectivity index (χ1v) is 10.0. The van der Waals surface area contributed by atoms with Gasteiger partial charge in [0.05, 0.1) is 13.2 Å². The van der Waals surface area contributed by atoms with Crippen molar-refractivity contribution in [1.82, 2.24) is 0 Å². The molecule has 4 nitrogen and oxygen atoms in total. The van der Waals surface area contributed by atoms with Crippen molar-refractivity contribution in [2.75, 3.05) is 13.2 Å². The molecule has 0 atom stereocenters. The molecule has 0 aliphatic rings. The SMILES string of the molecule is CCCCCCCCCCCCCOC(=O)CCCC(=O)OCC. The van der Waals surface area contributed by atoms with E-state index in [4.69, 9.17) is 9.47 Å². The van der Waals surface area contributed by atoms with Gasteiger partial charge in [-0.05, 0) is 19.8 Å². The van der Waals surface area contributed by atoms with E-state index in [0.29, 0.717) is 32.5 Å². The highest BCUT2D eigenvalue weighted by molar-refractivity contribution is 5.72. The molecule has 0 unspecified atom stereocenters. The van der Waals surface area contributed by atoms with E-state index in [1.807, 2.05) is 0 Å². The fraction of sp³-hybridized carbons (Fsp3) is 0.900. The fourth-order valence-electron chi connectivity index (χ4n) is 2.63. The Hall–Kier alpha value is -1.06. The molecular formula is C20H38O4. The third-order valence-electron chi connectivity index (χ3n) is 4.08. The number of hydrogen-bond acceptors (Lipinski definition) is 4. The van der Waals surface area contributed by atoms with Gasteiger partial charge in [0, 0.05) is 12.8 Å². The molecule has 142 valence electrons. The first-order chi connectivity index (χ1) is 11.7. The molecule has 0 saturated heterocycles. The van der Waals surface area contributed by atoms with Gasteiger partial charge >= 0.3 is 11.9 Å². The number of carbonyl (C=O) groups is 2. The van der Waals surface area contributed by atoms with E-state index >= 15 is 0 Å². The van der Waals surface area contributed by atoms with Crippen LogP contribution < -0.4 is 0 Å². The van der Waals surface area contributed by atoms with Gasteiger partial charge in [0.2, 0.25) is 0 Å². The molecule has 0 aliphatic heterocycles. The molecule has 0 N–H and O–H groups in total. The zero-order valence-electron chi connectivity index (χ0n) is 15.9. The summed E-state index contributed by atoms with van der Waals surface area (Å²) in [4.78, 5) is 22.6. The van der Waals surface area contributed by atoms with Gasteiger partial charge in [-0.2, -0.15) is 0 Å². The molecule has 0 aromatic carbocycles. The van der Waals surface area contributed by atoms with Crippen molar-refractivity contribution >= 4 is 11.9 Å². The number of rotatable bonds is 17. The predicted octanol–water partition coefficient (Wildman–Crippen LogP) is 5.57. The molecule has 0 radical (unpaired) electrons. The van der Waals surface area contributed by atoms with Crippen LogP contribution in [0.4, 0.5) is 0 Å². The van der Waals surface area contributed by atoms with Gasteiger partial charge in [-0.3, -0.25) is 9.59 Å². The Morgan fingerprint density at radius 2 is 1.04 bits per heavy atom. The highest BCUT2D eigenvalue weighted by Crippen LogP contribution is 2.11.